The van der Waals surface area contributed by atoms with Crippen LogP contribution in [0.5, 0.6) is 0 Å². The Morgan fingerprint density at radius 2 is 2.00 bits per heavy atom. The Kier molecular flexibility index (Phi) is 6.28. The van der Waals surface area contributed by atoms with Crippen LogP contribution in [0, 0.1) is 0 Å². The second-order valence-corrected chi connectivity index (χ2v) is 2.64. The summed E-state index contributed by atoms with van der Waals surface area (Å²) in [5, 5.41) is 10.8. The first-order valence-corrected chi connectivity index (χ1v) is 4.11. The number of aliphatic carboxylic acids is 1. The number of ketones is 1. The number of Topliss-reactive ketones (excluding diaryl/α,β-unsaturated/α-hetero) is 1. The zero-order chi connectivity index (χ0) is 9.40. The Hall–Kier alpha value is -0.900. The van der Waals surface area contributed by atoms with Gasteiger partial charge in [-0.15, -0.1) is 0 Å². The van der Waals surface area contributed by atoms with Crippen LogP contribution in [0.4, 0.5) is 0 Å². The highest BCUT2D eigenvalue weighted by atomic mass is 16.4. The number of carbonyl (C=O) groups excluding carboxylic acids is 1. The van der Waals surface area contributed by atoms with Gasteiger partial charge in [0, 0.05) is 6.42 Å². The Labute approximate surface area is 72.0 Å². The standard InChI is InChI=1S/C8H15NO3/c1-2-3-4-7(10)5-9-6-8(11)12/h9H,2-6H2,1H3,(H,11,12). The highest BCUT2D eigenvalue weighted by Crippen LogP contribution is 1.93. The molecule has 0 aromatic rings. The normalized spacial score (nSPS) is 9.75. The molecule has 0 aliphatic heterocycles. The zero-order valence-electron chi connectivity index (χ0n) is 7.30. The van der Waals surface area contributed by atoms with E-state index in [1.54, 1.807) is 0 Å². The van der Waals surface area contributed by atoms with Crippen LogP contribution in [0.15, 0.2) is 0 Å². The van der Waals surface area contributed by atoms with Gasteiger partial charge in [0.05, 0.1) is 13.1 Å². The van der Waals surface area contributed by atoms with E-state index in [0.717, 1.165) is 12.8 Å². The molecule has 0 spiro atoms. The van der Waals surface area contributed by atoms with Gasteiger partial charge >= 0.3 is 5.97 Å². The minimum Gasteiger partial charge on any atom is -0.480 e. The molecule has 0 aromatic carbocycles. The lowest BCUT2D eigenvalue weighted by Crippen LogP contribution is -2.28. The molecule has 4 nitrogen and oxygen atoms in total. The highest BCUT2D eigenvalue weighted by molar-refractivity contribution is 5.81. The minimum absolute atomic E-state index is 0.0816. The third-order valence-electron chi connectivity index (χ3n) is 1.41. The van der Waals surface area contributed by atoms with Crippen molar-refractivity contribution in [3.05, 3.63) is 0 Å². The van der Waals surface area contributed by atoms with Crippen molar-refractivity contribution in [2.75, 3.05) is 13.1 Å². The number of carboxylic acid groups (broad SMARTS) is 1. The predicted octanol–water partition coefficient (Wildman–Crippen LogP) is 0.420. The summed E-state index contributed by atoms with van der Waals surface area (Å²) in [6.45, 7) is 2.04. The lowest BCUT2D eigenvalue weighted by Gasteiger charge is -1.99. The molecule has 0 radical (unpaired) electrons. The van der Waals surface area contributed by atoms with Gasteiger partial charge in [-0.3, -0.25) is 9.59 Å². The number of hydrogen-bond acceptors (Lipinski definition) is 3. The number of carboxylic acids is 1. The van der Waals surface area contributed by atoms with E-state index in [1.165, 1.54) is 0 Å². The van der Waals surface area contributed by atoms with Gasteiger partial charge in [-0.1, -0.05) is 13.3 Å². The van der Waals surface area contributed by atoms with Crippen molar-refractivity contribution in [3.63, 3.8) is 0 Å². The maximum absolute atomic E-state index is 10.9. The van der Waals surface area contributed by atoms with Crippen molar-refractivity contribution in [1.29, 1.82) is 0 Å². The Bertz CT molecular complexity index is 156. The Morgan fingerprint density at radius 1 is 1.33 bits per heavy atom. The minimum atomic E-state index is -0.932. The fourth-order valence-electron chi connectivity index (χ4n) is 0.771. The van der Waals surface area contributed by atoms with Gasteiger partial charge in [0.1, 0.15) is 5.78 Å². The van der Waals surface area contributed by atoms with Crippen molar-refractivity contribution in [1.82, 2.24) is 5.32 Å². The molecule has 0 amide bonds. The molecule has 0 saturated carbocycles. The first-order valence-electron chi connectivity index (χ1n) is 4.11. The second-order valence-electron chi connectivity index (χ2n) is 2.64. The van der Waals surface area contributed by atoms with Crippen LogP contribution in [-0.4, -0.2) is 29.9 Å². The first kappa shape index (κ1) is 11.1. The van der Waals surface area contributed by atoms with Crippen LogP contribution >= 0.6 is 0 Å². The average Bonchev–Trinajstić information content (AvgIpc) is 2.00. The molecule has 0 saturated heterocycles. The number of rotatable bonds is 7. The third-order valence-corrected chi connectivity index (χ3v) is 1.41. The van der Waals surface area contributed by atoms with Crippen molar-refractivity contribution in [3.8, 4) is 0 Å². The fourth-order valence-corrected chi connectivity index (χ4v) is 0.771. The molecule has 0 aliphatic rings. The quantitative estimate of drug-likeness (QED) is 0.585. The van der Waals surface area contributed by atoms with Gasteiger partial charge in [0.2, 0.25) is 0 Å². The molecule has 4 heteroatoms. The molecule has 70 valence electrons. The van der Waals surface area contributed by atoms with Gasteiger partial charge < -0.3 is 10.4 Å². The van der Waals surface area contributed by atoms with E-state index in [2.05, 4.69) is 5.32 Å². The van der Waals surface area contributed by atoms with Gasteiger partial charge in [0.15, 0.2) is 0 Å². The van der Waals surface area contributed by atoms with Crippen LogP contribution in [0.2, 0.25) is 0 Å². The van der Waals surface area contributed by atoms with Gasteiger partial charge in [0.25, 0.3) is 0 Å². The molecule has 0 aromatic heterocycles. The fraction of sp³-hybridized carbons (Fsp3) is 0.750. The van der Waals surface area contributed by atoms with Crippen molar-refractivity contribution in [2.24, 2.45) is 0 Å². The van der Waals surface area contributed by atoms with E-state index in [4.69, 9.17) is 5.11 Å². The van der Waals surface area contributed by atoms with Gasteiger partial charge in [-0.2, -0.15) is 0 Å². The second kappa shape index (κ2) is 6.79. The van der Waals surface area contributed by atoms with E-state index in [1.807, 2.05) is 6.92 Å². The predicted molar refractivity (Wildman–Crippen MR) is 45.0 cm³/mol. The largest absolute Gasteiger partial charge is 0.480 e. The van der Waals surface area contributed by atoms with E-state index < -0.39 is 5.97 Å². The molecule has 0 heterocycles. The molecule has 0 aliphatic carbocycles. The van der Waals surface area contributed by atoms with Crippen molar-refractivity contribution in [2.45, 2.75) is 26.2 Å². The van der Waals surface area contributed by atoms with E-state index in [-0.39, 0.29) is 18.9 Å². The average molecular weight is 173 g/mol. The summed E-state index contributed by atoms with van der Waals surface area (Å²) in [5.74, 6) is -0.851. The molecule has 0 rings (SSSR count). The third kappa shape index (κ3) is 7.21. The highest BCUT2D eigenvalue weighted by Gasteiger charge is 2.01. The smallest absolute Gasteiger partial charge is 0.317 e. The Balaban J connectivity index is 3.25. The van der Waals surface area contributed by atoms with Crippen molar-refractivity contribution < 1.29 is 14.7 Å². The summed E-state index contributed by atoms with van der Waals surface area (Å²) < 4.78 is 0. The van der Waals surface area contributed by atoms with Crippen LogP contribution in [0.1, 0.15) is 26.2 Å². The molecule has 2 N–H and O–H groups in total. The number of unbranched alkanes of at least 4 members (excludes halogenated alkanes) is 1. The van der Waals surface area contributed by atoms with Crippen LogP contribution in [0.3, 0.4) is 0 Å². The van der Waals surface area contributed by atoms with Crippen LogP contribution in [0.25, 0.3) is 0 Å². The number of hydrogen-bond donors (Lipinski definition) is 2. The van der Waals surface area contributed by atoms with E-state index >= 15 is 0 Å². The molecule has 0 atom stereocenters. The van der Waals surface area contributed by atoms with Gasteiger partial charge in [-0.25, -0.2) is 0 Å². The maximum Gasteiger partial charge on any atom is 0.317 e. The van der Waals surface area contributed by atoms with E-state index in [9.17, 15) is 9.59 Å². The summed E-state index contributed by atoms with van der Waals surface area (Å²) in [6, 6.07) is 0. The molecule has 0 fully saturated rings. The van der Waals surface area contributed by atoms with Gasteiger partial charge in [-0.05, 0) is 6.42 Å². The van der Waals surface area contributed by atoms with Crippen molar-refractivity contribution >= 4 is 11.8 Å². The number of nitrogens with one attached hydrogen (secondary N) is 1. The summed E-state index contributed by atoms with van der Waals surface area (Å²) in [6.07, 6.45) is 2.42. The SMILES string of the molecule is CCCCC(=O)CNCC(=O)O. The Morgan fingerprint density at radius 3 is 2.50 bits per heavy atom. The summed E-state index contributed by atoms with van der Waals surface area (Å²) >= 11 is 0. The zero-order valence-corrected chi connectivity index (χ0v) is 7.30. The molecule has 12 heavy (non-hydrogen) atoms. The molecule has 0 bridgehead atoms. The monoisotopic (exact) mass is 173 g/mol. The lowest BCUT2D eigenvalue weighted by atomic mass is 10.2. The summed E-state index contributed by atoms with van der Waals surface area (Å²) in [7, 11) is 0. The van der Waals surface area contributed by atoms with Crippen LogP contribution in [-0.2, 0) is 9.59 Å². The molecular weight excluding hydrogens is 158 g/mol. The molecule has 0 unspecified atom stereocenters. The molecular formula is C8H15NO3. The summed E-state index contributed by atoms with van der Waals surface area (Å²) in [5.41, 5.74) is 0. The maximum atomic E-state index is 10.9. The first-order chi connectivity index (χ1) is 5.66. The number of carbonyl (C=O) groups is 2. The summed E-state index contributed by atoms with van der Waals surface area (Å²) in [4.78, 5) is 20.9. The lowest BCUT2D eigenvalue weighted by molar-refractivity contribution is -0.135. The van der Waals surface area contributed by atoms with Crippen LogP contribution < -0.4 is 5.32 Å². The van der Waals surface area contributed by atoms with E-state index in [0.29, 0.717) is 6.42 Å². The topological polar surface area (TPSA) is 66.4 Å².